The van der Waals surface area contributed by atoms with Crippen LogP contribution in [0.2, 0.25) is 0 Å². The first-order chi connectivity index (χ1) is 18.0. The minimum Gasteiger partial charge on any atom is -0.258 e. The highest BCUT2D eigenvalue weighted by Crippen LogP contribution is 2.26. The van der Waals surface area contributed by atoms with Crippen molar-refractivity contribution >= 4 is 53.8 Å². The summed E-state index contributed by atoms with van der Waals surface area (Å²) in [6.07, 6.45) is 7.95. The molecule has 0 spiro atoms. The fourth-order valence-electron chi connectivity index (χ4n) is 4.43. The van der Waals surface area contributed by atoms with E-state index in [1.54, 1.807) is 24.3 Å². The molecule has 0 saturated carbocycles. The molecule has 0 bridgehead atoms. The number of para-hydroxylation sites is 4. The summed E-state index contributed by atoms with van der Waals surface area (Å²) in [5.74, 6) is 0.609. The summed E-state index contributed by atoms with van der Waals surface area (Å²) >= 11 is 3.36. The monoisotopic (exact) mass is 578 g/mol. The molecule has 0 aliphatic carbocycles. The number of hydrogen-bond acceptors (Lipinski definition) is 4. The Hall–Kier alpha value is -3.30. The third-order valence-electron chi connectivity index (χ3n) is 6.34. The van der Waals surface area contributed by atoms with Gasteiger partial charge in [0.1, 0.15) is 0 Å². The van der Waals surface area contributed by atoms with E-state index in [-0.39, 0.29) is 10.7 Å². The molecule has 5 rings (SSSR count). The first-order valence-electron chi connectivity index (χ1n) is 12.5. The zero-order valence-electron chi connectivity index (χ0n) is 20.6. The second-order valence-electron chi connectivity index (χ2n) is 9.03. The van der Waals surface area contributed by atoms with E-state index in [1.807, 2.05) is 53.4 Å². The third kappa shape index (κ3) is 5.52. The fourth-order valence-corrected chi connectivity index (χ4v) is 5.70. The van der Waals surface area contributed by atoms with Crippen LogP contribution >= 0.6 is 15.9 Å². The second kappa shape index (κ2) is 11.0. The summed E-state index contributed by atoms with van der Waals surface area (Å²) in [6.45, 7) is 3.09. The number of nitrogens with one attached hydrogen (secondary N) is 1. The van der Waals surface area contributed by atoms with E-state index in [0.29, 0.717) is 16.9 Å². The number of benzene rings is 3. The number of aryl methyl sites for hydroxylation is 1. The Morgan fingerprint density at radius 3 is 2.30 bits per heavy atom. The fraction of sp³-hybridized carbons (Fsp3) is 0.250. The Balaban J connectivity index is 1.60. The maximum absolute atomic E-state index is 13.3. The summed E-state index contributed by atoms with van der Waals surface area (Å²) in [5.41, 5.74) is 3.30. The van der Waals surface area contributed by atoms with Crippen LogP contribution in [0, 0.1) is 0 Å². The molecule has 0 atom stereocenters. The number of aromatic nitrogens is 4. The summed E-state index contributed by atoms with van der Waals surface area (Å²) in [7, 11) is -3.89. The summed E-state index contributed by atoms with van der Waals surface area (Å²) in [4.78, 5) is 9.72. The van der Waals surface area contributed by atoms with Gasteiger partial charge < -0.3 is 0 Å². The Kier molecular flexibility index (Phi) is 7.53. The van der Waals surface area contributed by atoms with Gasteiger partial charge in [0.25, 0.3) is 22.2 Å². The van der Waals surface area contributed by atoms with Crippen molar-refractivity contribution in [1.29, 1.82) is 0 Å². The number of unbranched alkanes of at least 4 members (excludes halogenated alkanes) is 4. The van der Waals surface area contributed by atoms with Gasteiger partial charge in [-0.25, -0.2) is 23.0 Å². The number of nitrogens with zero attached hydrogens (tertiary/aromatic N) is 4. The minimum atomic E-state index is -3.89. The van der Waals surface area contributed by atoms with Crippen molar-refractivity contribution < 1.29 is 13.0 Å². The van der Waals surface area contributed by atoms with Gasteiger partial charge in [-0.3, -0.25) is 4.72 Å². The highest BCUT2D eigenvalue weighted by molar-refractivity contribution is 9.10. The van der Waals surface area contributed by atoms with Crippen molar-refractivity contribution in [1.82, 2.24) is 14.5 Å². The molecule has 0 fully saturated rings. The summed E-state index contributed by atoms with van der Waals surface area (Å²) in [5, 5.41) is 0. The summed E-state index contributed by atoms with van der Waals surface area (Å²) < 4.78 is 34.3. The minimum absolute atomic E-state index is 0.149. The molecule has 37 heavy (non-hydrogen) atoms. The highest BCUT2D eigenvalue weighted by Gasteiger charge is 2.25. The van der Waals surface area contributed by atoms with Crippen LogP contribution in [-0.4, -0.2) is 23.0 Å². The first kappa shape index (κ1) is 25.4. The van der Waals surface area contributed by atoms with Crippen molar-refractivity contribution in [3.05, 3.63) is 83.6 Å². The number of halogens is 1. The Morgan fingerprint density at radius 1 is 0.865 bits per heavy atom. The lowest BCUT2D eigenvalue weighted by atomic mass is 10.1. The number of anilines is 1. The number of sulfonamides is 1. The number of rotatable bonds is 10. The van der Waals surface area contributed by atoms with Crippen molar-refractivity contribution in [2.24, 2.45) is 0 Å². The van der Waals surface area contributed by atoms with Crippen LogP contribution in [0.1, 0.15) is 39.0 Å². The quantitative estimate of drug-likeness (QED) is 0.154. The maximum Gasteiger partial charge on any atom is 0.270 e. The van der Waals surface area contributed by atoms with Gasteiger partial charge in [-0.1, -0.05) is 66.4 Å². The second-order valence-corrected chi connectivity index (χ2v) is 11.6. The Morgan fingerprint density at radius 2 is 1.54 bits per heavy atom. The largest absolute Gasteiger partial charge is 0.270 e. The van der Waals surface area contributed by atoms with E-state index in [2.05, 4.69) is 38.2 Å². The first-order valence-corrected chi connectivity index (χ1v) is 14.8. The van der Waals surface area contributed by atoms with Crippen LogP contribution in [0.3, 0.4) is 0 Å². The lowest BCUT2D eigenvalue weighted by molar-refractivity contribution is -0.672. The average molecular weight is 580 g/mol. The van der Waals surface area contributed by atoms with Crippen LogP contribution in [0.15, 0.2) is 88.5 Å². The smallest absolute Gasteiger partial charge is 0.258 e. The molecule has 7 nitrogen and oxygen atoms in total. The van der Waals surface area contributed by atoms with E-state index in [1.165, 1.54) is 25.7 Å². The topological polar surface area (TPSA) is 80.8 Å². The van der Waals surface area contributed by atoms with Crippen LogP contribution < -0.4 is 9.29 Å². The lowest BCUT2D eigenvalue weighted by Gasteiger charge is -2.11. The summed E-state index contributed by atoms with van der Waals surface area (Å²) in [6, 6.07) is 22.1. The van der Waals surface area contributed by atoms with Crippen molar-refractivity contribution in [2.75, 3.05) is 4.72 Å². The van der Waals surface area contributed by atoms with Crippen molar-refractivity contribution in [3.8, 4) is 5.82 Å². The molecule has 190 valence electrons. The standard InChI is InChI=1S/C28H29BrN5O2S/c1-2-3-4-5-10-19-33-20-34(26-14-9-8-13-25(26)33)28-27(30-23-11-6-7-12-24(23)31-28)32-37(35,36)22-17-15-21(29)16-18-22/h6-9,11-18,20H,2-5,10,19H2,1H3,(H,30,32)/q+1. The molecule has 0 aliphatic rings. The molecule has 1 N–H and O–H groups in total. The molecule has 0 amide bonds. The normalized spacial score (nSPS) is 11.8. The predicted octanol–water partition coefficient (Wildman–Crippen LogP) is 6.39. The van der Waals surface area contributed by atoms with Crippen LogP contribution in [0.25, 0.3) is 27.9 Å². The van der Waals surface area contributed by atoms with Crippen molar-refractivity contribution in [3.63, 3.8) is 0 Å². The molecule has 2 aromatic heterocycles. The lowest BCUT2D eigenvalue weighted by Crippen LogP contribution is -2.32. The average Bonchev–Trinajstić information content (AvgIpc) is 3.26. The molecule has 9 heteroatoms. The molecule has 2 heterocycles. The van der Waals surface area contributed by atoms with Crippen LogP contribution in [-0.2, 0) is 16.6 Å². The molecular weight excluding hydrogens is 550 g/mol. The van der Waals surface area contributed by atoms with Gasteiger partial charge in [0.15, 0.2) is 11.0 Å². The zero-order valence-corrected chi connectivity index (χ0v) is 23.0. The van der Waals surface area contributed by atoms with E-state index in [4.69, 9.17) is 9.97 Å². The maximum atomic E-state index is 13.3. The molecular formula is C28H29BrN5O2S+. The molecule has 3 aromatic carbocycles. The molecule has 0 aliphatic heterocycles. The number of fused-ring (bicyclic) bond motifs is 2. The van der Waals surface area contributed by atoms with Gasteiger partial charge in [-0.15, -0.1) is 0 Å². The van der Waals surface area contributed by atoms with Gasteiger partial charge in [-0.2, -0.15) is 4.57 Å². The highest BCUT2D eigenvalue weighted by atomic mass is 79.9. The SMILES string of the molecule is CCCCCCC[n+]1cn(-c2nc3ccccc3nc2NS(=O)(=O)c2ccc(Br)cc2)c2ccccc21. The molecule has 5 aromatic rings. The van der Waals surface area contributed by atoms with Crippen LogP contribution in [0.4, 0.5) is 5.82 Å². The molecule has 0 unspecified atom stereocenters. The zero-order chi connectivity index (χ0) is 25.8. The van der Waals surface area contributed by atoms with E-state index < -0.39 is 10.0 Å². The molecule has 0 radical (unpaired) electrons. The Labute approximate surface area is 225 Å². The number of imidazole rings is 1. The Bertz CT molecular complexity index is 1650. The van der Waals surface area contributed by atoms with E-state index in [9.17, 15) is 8.42 Å². The van der Waals surface area contributed by atoms with Crippen molar-refractivity contribution in [2.45, 2.75) is 50.5 Å². The van der Waals surface area contributed by atoms with Gasteiger partial charge in [-0.05, 0) is 61.4 Å². The molecule has 0 saturated heterocycles. The number of hydrogen-bond donors (Lipinski definition) is 1. The van der Waals surface area contributed by atoms with Gasteiger partial charge >= 0.3 is 0 Å². The van der Waals surface area contributed by atoms with Gasteiger partial charge in [0.2, 0.25) is 5.82 Å². The van der Waals surface area contributed by atoms with Gasteiger partial charge in [0, 0.05) is 4.47 Å². The van der Waals surface area contributed by atoms with E-state index >= 15 is 0 Å². The van der Waals surface area contributed by atoms with Crippen LogP contribution in [0.5, 0.6) is 0 Å². The predicted molar refractivity (Wildman–Crippen MR) is 150 cm³/mol. The van der Waals surface area contributed by atoms with E-state index in [0.717, 1.165) is 28.5 Å². The third-order valence-corrected chi connectivity index (χ3v) is 8.23. The van der Waals surface area contributed by atoms with Gasteiger partial charge in [0.05, 0.1) is 22.5 Å².